The van der Waals surface area contributed by atoms with E-state index in [1.807, 2.05) is 4.90 Å². The van der Waals surface area contributed by atoms with Gasteiger partial charge in [-0.25, -0.2) is 15.0 Å². The maximum Gasteiger partial charge on any atom is 0.250 e. The van der Waals surface area contributed by atoms with Crippen LogP contribution in [-0.2, 0) is 36.0 Å². The summed E-state index contributed by atoms with van der Waals surface area (Å²) in [6, 6.07) is 8.77. The van der Waals surface area contributed by atoms with Crippen LogP contribution in [0, 0.1) is 0 Å². The van der Waals surface area contributed by atoms with E-state index in [0.29, 0.717) is 49.2 Å². The van der Waals surface area contributed by atoms with Crippen molar-refractivity contribution in [3.05, 3.63) is 71.4 Å². The van der Waals surface area contributed by atoms with Gasteiger partial charge in [0.15, 0.2) is 0 Å². The predicted molar refractivity (Wildman–Crippen MR) is 125 cm³/mol. The number of amides is 1. The second-order valence-electron chi connectivity index (χ2n) is 9.61. The maximum atomic E-state index is 13.4. The molecule has 0 unspecified atom stereocenters. The molecule has 7 rings (SSSR count). The first-order valence-electron chi connectivity index (χ1n) is 12.0. The second kappa shape index (κ2) is 7.72. The third kappa shape index (κ3) is 3.48. The lowest BCUT2D eigenvalue weighted by Gasteiger charge is -2.28. The Bertz CT molecular complexity index is 1380. The maximum absolute atomic E-state index is 13.4. The molecule has 1 saturated carbocycles. The van der Waals surface area contributed by atoms with Gasteiger partial charge in [0, 0.05) is 31.4 Å². The first-order valence-corrected chi connectivity index (χ1v) is 12.0. The van der Waals surface area contributed by atoms with Gasteiger partial charge in [0.1, 0.15) is 5.41 Å². The minimum atomic E-state index is -0.720. The van der Waals surface area contributed by atoms with Gasteiger partial charge in [0.25, 0.3) is 5.89 Å². The van der Waals surface area contributed by atoms with Crippen molar-refractivity contribution in [3.8, 4) is 11.5 Å². The molecule has 0 radical (unpaired) electrons. The summed E-state index contributed by atoms with van der Waals surface area (Å²) in [5.41, 5.74) is 4.69. The first-order chi connectivity index (χ1) is 17.2. The Morgan fingerprint density at radius 1 is 1.09 bits per heavy atom. The van der Waals surface area contributed by atoms with Crippen molar-refractivity contribution in [3.63, 3.8) is 0 Å². The van der Waals surface area contributed by atoms with E-state index in [9.17, 15) is 4.79 Å². The quantitative estimate of drug-likeness (QED) is 0.457. The fourth-order valence-corrected chi connectivity index (χ4v) is 5.22. The minimum Gasteiger partial charge on any atom is -0.419 e. The van der Waals surface area contributed by atoms with Gasteiger partial charge in [-0.05, 0) is 36.8 Å². The zero-order chi connectivity index (χ0) is 23.4. The molecule has 176 valence electrons. The lowest BCUT2D eigenvalue weighted by atomic mass is 10.0. The molecule has 0 spiro atoms. The van der Waals surface area contributed by atoms with E-state index in [0.717, 1.165) is 30.7 Å². The van der Waals surface area contributed by atoms with Crippen LogP contribution >= 0.6 is 0 Å². The van der Waals surface area contributed by atoms with Crippen molar-refractivity contribution in [2.45, 2.75) is 50.1 Å². The number of fused-ring (bicyclic) bond motifs is 2. The highest BCUT2D eigenvalue weighted by atomic mass is 16.4. The summed E-state index contributed by atoms with van der Waals surface area (Å²) in [6.45, 7) is 1.18. The van der Waals surface area contributed by atoms with Crippen LogP contribution in [0.1, 0.15) is 41.2 Å². The summed E-state index contributed by atoms with van der Waals surface area (Å²) in [6.07, 6.45) is 9.14. The molecule has 4 aromatic rings. The van der Waals surface area contributed by atoms with Crippen LogP contribution < -0.4 is 5.32 Å². The number of rotatable bonds is 5. The molecule has 0 saturated heterocycles. The summed E-state index contributed by atoms with van der Waals surface area (Å²) in [5.74, 6) is 1.32. The SMILES string of the molecule is O=C(N1CCc2nc[nH]c2C1)C1(c2nnc(-c3cnc(NC4Cc5ccccc5C4)nc3)o2)CC1. The van der Waals surface area contributed by atoms with E-state index in [1.54, 1.807) is 18.7 Å². The highest BCUT2D eigenvalue weighted by molar-refractivity contribution is 5.90. The van der Waals surface area contributed by atoms with Crippen LogP contribution in [0.5, 0.6) is 0 Å². The molecular formula is C25H24N8O2. The highest BCUT2D eigenvalue weighted by Gasteiger charge is 2.57. The smallest absolute Gasteiger partial charge is 0.250 e. The number of H-pyrrole nitrogens is 1. The number of carbonyl (C=O) groups excluding carboxylic acids is 1. The lowest BCUT2D eigenvalue weighted by molar-refractivity contribution is -0.135. The molecule has 1 aliphatic heterocycles. The third-order valence-electron chi connectivity index (χ3n) is 7.34. The molecule has 3 aliphatic rings. The van der Waals surface area contributed by atoms with Crippen LogP contribution in [0.2, 0.25) is 0 Å². The zero-order valence-corrected chi connectivity index (χ0v) is 19.1. The van der Waals surface area contributed by atoms with Gasteiger partial charge in [-0.3, -0.25) is 4.79 Å². The normalized spacial score (nSPS) is 18.2. The second-order valence-corrected chi connectivity index (χ2v) is 9.61. The summed E-state index contributed by atoms with van der Waals surface area (Å²) in [5, 5.41) is 11.9. The monoisotopic (exact) mass is 468 g/mol. The fraction of sp³-hybridized carbons (Fsp3) is 0.360. The Balaban J connectivity index is 1.04. The van der Waals surface area contributed by atoms with Crippen LogP contribution in [0.15, 0.2) is 47.4 Å². The van der Waals surface area contributed by atoms with Gasteiger partial charge in [0.05, 0.1) is 29.8 Å². The average Bonchev–Trinajstić information content (AvgIpc) is 3.23. The molecule has 2 N–H and O–H groups in total. The summed E-state index contributed by atoms with van der Waals surface area (Å²) < 4.78 is 5.99. The standard InChI is InChI=1S/C25H24N8O2/c34-23(33-8-5-19-20(13-33)29-14-28-19)25(6-7-25)22-32-31-21(35-22)17-11-26-24(27-12-17)30-18-9-15-3-1-2-4-16(15)10-18/h1-4,11-12,14,18H,5-10,13H2,(H,28,29)(H,26,27,30). The molecule has 10 heteroatoms. The largest absolute Gasteiger partial charge is 0.419 e. The van der Waals surface area contributed by atoms with E-state index in [-0.39, 0.29) is 11.9 Å². The number of anilines is 1. The molecule has 2 aliphatic carbocycles. The number of aromatic nitrogens is 6. The van der Waals surface area contributed by atoms with E-state index >= 15 is 0 Å². The van der Waals surface area contributed by atoms with Crippen LogP contribution in [0.4, 0.5) is 5.95 Å². The number of benzene rings is 1. The average molecular weight is 469 g/mol. The topological polar surface area (TPSA) is 126 Å². The molecule has 4 heterocycles. The number of imidazole rings is 1. The summed E-state index contributed by atoms with van der Waals surface area (Å²) >= 11 is 0. The molecular weight excluding hydrogens is 444 g/mol. The number of hydrogen-bond acceptors (Lipinski definition) is 8. The molecule has 0 bridgehead atoms. The molecule has 1 fully saturated rings. The van der Waals surface area contributed by atoms with Gasteiger partial charge in [-0.15, -0.1) is 10.2 Å². The predicted octanol–water partition coefficient (Wildman–Crippen LogP) is 2.45. The van der Waals surface area contributed by atoms with Crippen molar-refractivity contribution in [1.82, 2.24) is 35.0 Å². The number of aromatic amines is 1. The Morgan fingerprint density at radius 2 is 1.86 bits per heavy atom. The molecule has 10 nitrogen and oxygen atoms in total. The Hall–Kier alpha value is -4.08. The Labute approximate surface area is 201 Å². The van der Waals surface area contributed by atoms with Crippen molar-refractivity contribution >= 4 is 11.9 Å². The van der Waals surface area contributed by atoms with E-state index < -0.39 is 5.41 Å². The van der Waals surface area contributed by atoms with Gasteiger partial charge < -0.3 is 19.6 Å². The van der Waals surface area contributed by atoms with Crippen molar-refractivity contribution in [1.29, 1.82) is 0 Å². The summed E-state index contributed by atoms with van der Waals surface area (Å²) in [4.78, 5) is 31.6. The molecule has 1 aromatic carbocycles. The zero-order valence-electron chi connectivity index (χ0n) is 19.1. The minimum absolute atomic E-state index is 0.0429. The number of hydrogen-bond donors (Lipinski definition) is 2. The van der Waals surface area contributed by atoms with Crippen molar-refractivity contribution in [2.75, 3.05) is 11.9 Å². The van der Waals surface area contributed by atoms with Crippen LogP contribution in [0.3, 0.4) is 0 Å². The van der Waals surface area contributed by atoms with E-state index in [4.69, 9.17) is 4.42 Å². The molecule has 35 heavy (non-hydrogen) atoms. The van der Waals surface area contributed by atoms with Crippen molar-refractivity contribution in [2.24, 2.45) is 0 Å². The van der Waals surface area contributed by atoms with Gasteiger partial charge >= 0.3 is 0 Å². The van der Waals surface area contributed by atoms with Crippen LogP contribution in [0.25, 0.3) is 11.5 Å². The first kappa shape index (κ1) is 20.3. The van der Waals surface area contributed by atoms with Crippen molar-refractivity contribution < 1.29 is 9.21 Å². The lowest BCUT2D eigenvalue weighted by Crippen LogP contribution is -2.42. The van der Waals surface area contributed by atoms with Gasteiger partial charge in [-0.1, -0.05) is 24.3 Å². The van der Waals surface area contributed by atoms with Gasteiger partial charge in [0.2, 0.25) is 17.7 Å². The van der Waals surface area contributed by atoms with E-state index in [1.165, 1.54) is 11.1 Å². The molecule has 0 atom stereocenters. The summed E-state index contributed by atoms with van der Waals surface area (Å²) in [7, 11) is 0. The number of nitrogens with zero attached hydrogens (tertiary/aromatic N) is 6. The molecule has 1 amide bonds. The number of nitrogens with one attached hydrogen (secondary N) is 2. The molecule has 3 aromatic heterocycles. The highest BCUT2D eigenvalue weighted by Crippen LogP contribution is 2.49. The third-order valence-corrected chi connectivity index (χ3v) is 7.34. The van der Waals surface area contributed by atoms with Crippen LogP contribution in [-0.4, -0.2) is 53.5 Å². The number of carbonyl (C=O) groups is 1. The Morgan fingerprint density at radius 3 is 2.60 bits per heavy atom. The van der Waals surface area contributed by atoms with Gasteiger partial charge in [-0.2, -0.15) is 0 Å². The fourth-order valence-electron chi connectivity index (χ4n) is 5.22. The van der Waals surface area contributed by atoms with E-state index in [2.05, 4.69) is 59.7 Å². The Kier molecular flexibility index (Phi) is 4.48.